The monoisotopic (exact) mass is 720 g/mol. The molecule has 0 saturated carbocycles. The summed E-state index contributed by atoms with van der Waals surface area (Å²) >= 11 is 0. The van der Waals surface area contributed by atoms with E-state index in [0.717, 1.165) is 105 Å². The van der Waals surface area contributed by atoms with Gasteiger partial charge in [0.25, 0.3) is 0 Å². The lowest BCUT2D eigenvalue weighted by atomic mass is 10.00. The zero-order chi connectivity index (χ0) is 36.9. The highest BCUT2D eigenvalue weighted by atomic mass is 16.3. The quantitative estimate of drug-likeness (QED) is 0.192. The van der Waals surface area contributed by atoms with Crippen molar-refractivity contribution in [1.29, 1.82) is 0 Å². The number of aryl methyl sites for hydroxylation is 1. The molecule has 0 spiro atoms. The van der Waals surface area contributed by atoms with E-state index in [-0.39, 0.29) is 0 Å². The summed E-state index contributed by atoms with van der Waals surface area (Å²) in [5.41, 5.74) is 16.3. The summed E-state index contributed by atoms with van der Waals surface area (Å²) in [5, 5.41) is 7.94. The molecule has 0 bridgehead atoms. The number of nitrogens with zero attached hydrogens (tertiary/aromatic N) is 3. The second-order valence-corrected chi connectivity index (χ2v) is 14.6. The number of hydrogen-bond donors (Lipinski definition) is 1. The van der Waals surface area contributed by atoms with E-state index in [1.54, 1.807) is 0 Å². The number of furan rings is 2. The molecule has 264 valence electrons. The first-order valence-electron chi connectivity index (χ1n) is 18.9. The Hall–Kier alpha value is -7.57. The molecule has 4 aromatic heterocycles. The maximum absolute atomic E-state index is 6.59. The van der Waals surface area contributed by atoms with Gasteiger partial charge in [-0.3, -0.25) is 8.97 Å². The van der Waals surface area contributed by atoms with Gasteiger partial charge >= 0.3 is 0 Å². The van der Waals surface area contributed by atoms with Gasteiger partial charge in [-0.1, -0.05) is 103 Å². The van der Waals surface area contributed by atoms with Crippen molar-refractivity contribution >= 4 is 83.1 Å². The van der Waals surface area contributed by atoms with Crippen molar-refractivity contribution in [3.63, 3.8) is 0 Å². The lowest BCUT2D eigenvalue weighted by Crippen LogP contribution is -1.95. The molecule has 1 N–H and O–H groups in total. The van der Waals surface area contributed by atoms with Crippen molar-refractivity contribution < 1.29 is 8.83 Å². The summed E-state index contributed by atoms with van der Waals surface area (Å²) in [6.07, 6.45) is 0. The average molecular weight is 721 g/mol. The van der Waals surface area contributed by atoms with Gasteiger partial charge < -0.3 is 14.2 Å². The SMILES string of the molecule is Cc1cccc(-c2ccccc2Nc2cccc3c2oc2ccc(-c4ccc5oc6cccc(-n7c8ccccc8n8c9ccccc9nc78)c6c5c4)cc23)c1. The highest BCUT2D eigenvalue weighted by molar-refractivity contribution is 6.13. The van der Waals surface area contributed by atoms with Gasteiger partial charge in [0.05, 0.1) is 38.8 Å². The maximum atomic E-state index is 6.59. The van der Waals surface area contributed by atoms with Crippen molar-refractivity contribution in [3.05, 3.63) is 175 Å². The van der Waals surface area contributed by atoms with E-state index in [1.807, 2.05) is 6.07 Å². The minimum absolute atomic E-state index is 0.830. The normalized spacial score (nSPS) is 12.0. The van der Waals surface area contributed by atoms with Crippen LogP contribution >= 0.6 is 0 Å². The van der Waals surface area contributed by atoms with Crippen LogP contribution in [0.5, 0.6) is 0 Å². The minimum Gasteiger partial charge on any atom is -0.456 e. The van der Waals surface area contributed by atoms with Crippen molar-refractivity contribution in [2.75, 3.05) is 5.32 Å². The number of anilines is 2. The second kappa shape index (κ2) is 11.7. The van der Waals surface area contributed by atoms with Crippen molar-refractivity contribution in [2.45, 2.75) is 6.92 Å². The Labute approximate surface area is 320 Å². The van der Waals surface area contributed by atoms with Crippen LogP contribution in [0.3, 0.4) is 0 Å². The van der Waals surface area contributed by atoms with Gasteiger partial charge in [0.2, 0.25) is 5.78 Å². The van der Waals surface area contributed by atoms with Gasteiger partial charge in [0.15, 0.2) is 5.58 Å². The van der Waals surface area contributed by atoms with E-state index < -0.39 is 0 Å². The third kappa shape index (κ3) is 4.53. The van der Waals surface area contributed by atoms with Crippen LogP contribution in [0.15, 0.2) is 179 Å². The highest BCUT2D eigenvalue weighted by Gasteiger charge is 2.21. The molecule has 6 nitrogen and oxygen atoms in total. The first kappa shape index (κ1) is 30.8. The number of fused-ring (bicyclic) bond motifs is 11. The smallest absolute Gasteiger partial charge is 0.220 e. The number of benzene rings is 8. The van der Waals surface area contributed by atoms with E-state index in [1.165, 1.54) is 11.1 Å². The van der Waals surface area contributed by atoms with Crippen molar-refractivity contribution in [3.8, 4) is 27.9 Å². The van der Waals surface area contributed by atoms with Crippen LogP contribution in [0.2, 0.25) is 0 Å². The van der Waals surface area contributed by atoms with E-state index >= 15 is 0 Å². The Bertz CT molecular complexity index is 3540. The fourth-order valence-electron chi connectivity index (χ4n) is 8.64. The van der Waals surface area contributed by atoms with E-state index in [9.17, 15) is 0 Å². The summed E-state index contributed by atoms with van der Waals surface area (Å²) in [6, 6.07) is 59.5. The molecule has 0 aliphatic carbocycles. The van der Waals surface area contributed by atoms with Crippen LogP contribution in [0, 0.1) is 6.92 Å². The molecular formula is C50H32N4O2. The number of rotatable bonds is 5. The van der Waals surface area contributed by atoms with Gasteiger partial charge in [-0.05, 0) is 96.4 Å². The van der Waals surface area contributed by atoms with Gasteiger partial charge in [0, 0.05) is 27.4 Å². The molecule has 0 fully saturated rings. The van der Waals surface area contributed by atoms with Crippen LogP contribution < -0.4 is 5.32 Å². The lowest BCUT2D eigenvalue weighted by Gasteiger charge is -2.13. The topological polar surface area (TPSA) is 60.5 Å². The highest BCUT2D eigenvalue weighted by Crippen LogP contribution is 2.41. The fourth-order valence-corrected chi connectivity index (χ4v) is 8.64. The largest absolute Gasteiger partial charge is 0.456 e. The molecule has 4 heterocycles. The number of aromatic nitrogens is 3. The van der Waals surface area contributed by atoms with Crippen LogP contribution in [0.25, 0.3) is 99.7 Å². The van der Waals surface area contributed by atoms with Crippen LogP contribution in [0.1, 0.15) is 5.56 Å². The summed E-state index contributed by atoms with van der Waals surface area (Å²) in [5.74, 6) is 0.871. The third-order valence-electron chi connectivity index (χ3n) is 11.2. The number of imidazole rings is 2. The average Bonchev–Trinajstić information content (AvgIpc) is 3.99. The lowest BCUT2D eigenvalue weighted by molar-refractivity contribution is 0.668. The Balaban J connectivity index is 0.994. The Kier molecular flexibility index (Phi) is 6.45. The summed E-state index contributed by atoms with van der Waals surface area (Å²) in [7, 11) is 0. The Morgan fingerprint density at radius 2 is 1.21 bits per heavy atom. The minimum atomic E-state index is 0.830. The fraction of sp³-hybridized carbons (Fsp3) is 0.0200. The zero-order valence-corrected chi connectivity index (χ0v) is 30.3. The molecule has 12 rings (SSSR count). The molecule has 0 radical (unpaired) electrons. The summed E-state index contributed by atoms with van der Waals surface area (Å²) in [6.45, 7) is 2.13. The van der Waals surface area contributed by atoms with Crippen molar-refractivity contribution in [2.24, 2.45) is 0 Å². The van der Waals surface area contributed by atoms with E-state index in [0.29, 0.717) is 0 Å². The van der Waals surface area contributed by atoms with Crippen molar-refractivity contribution in [1.82, 2.24) is 14.0 Å². The van der Waals surface area contributed by atoms with Gasteiger partial charge in [0.1, 0.15) is 16.7 Å². The second-order valence-electron chi connectivity index (χ2n) is 14.6. The Morgan fingerprint density at radius 1 is 0.500 bits per heavy atom. The molecule has 0 atom stereocenters. The molecular weight excluding hydrogens is 689 g/mol. The molecule has 0 saturated heterocycles. The van der Waals surface area contributed by atoms with E-state index in [2.05, 4.69) is 185 Å². The van der Waals surface area contributed by atoms with E-state index in [4.69, 9.17) is 13.8 Å². The predicted molar refractivity (Wildman–Crippen MR) is 229 cm³/mol. The predicted octanol–water partition coefficient (Wildman–Crippen LogP) is 13.6. The zero-order valence-electron chi connectivity index (χ0n) is 30.3. The standard InChI is InChI=1S/C50H32N4O2/c1-30-11-8-12-33(27-30)34-13-2-3-15-38(34)51-40-17-9-14-35-36-28-31(23-25-45(36)56-49(35)40)32-24-26-46-37(29-32)48-44(21-10-22-47(48)55-46)54-43-20-7-6-19-42(43)53-41-18-5-4-16-39(41)52-50(53)54/h2-29,51H,1H3. The van der Waals surface area contributed by atoms with Gasteiger partial charge in [-0.15, -0.1) is 0 Å². The van der Waals surface area contributed by atoms with Gasteiger partial charge in [-0.25, -0.2) is 4.98 Å². The maximum Gasteiger partial charge on any atom is 0.220 e. The first-order valence-corrected chi connectivity index (χ1v) is 18.9. The molecule has 12 aromatic rings. The Morgan fingerprint density at radius 3 is 2.09 bits per heavy atom. The molecule has 0 aliphatic rings. The number of hydrogen-bond acceptors (Lipinski definition) is 4. The molecule has 8 aromatic carbocycles. The third-order valence-corrected chi connectivity index (χ3v) is 11.2. The summed E-state index contributed by atoms with van der Waals surface area (Å²) < 4.78 is 17.6. The van der Waals surface area contributed by atoms with Gasteiger partial charge in [-0.2, -0.15) is 0 Å². The molecule has 56 heavy (non-hydrogen) atoms. The van der Waals surface area contributed by atoms with Crippen LogP contribution in [0.4, 0.5) is 11.4 Å². The summed E-state index contributed by atoms with van der Waals surface area (Å²) in [4.78, 5) is 5.15. The van der Waals surface area contributed by atoms with Crippen LogP contribution in [-0.4, -0.2) is 14.0 Å². The molecule has 6 heteroatoms. The molecule has 0 unspecified atom stereocenters. The molecule has 0 aliphatic heterocycles. The van der Waals surface area contributed by atoms with Crippen LogP contribution in [-0.2, 0) is 0 Å². The first-order chi connectivity index (χ1) is 27.7. The molecule has 0 amide bonds. The number of para-hydroxylation sites is 6. The number of nitrogens with one attached hydrogen (secondary N) is 1.